The molecule has 0 saturated carbocycles. The average Bonchev–Trinajstić information content (AvgIpc) is 3.16. The van der Waals surface area contributed by atoms with Crippen molar-refractivity contribution < 1.29 is 14.3 Å². The number of carbonyl (C=O) groups excluding carboxylic acids is 1. The molecular weight excluding hydrogens is 308 g/mol. The molecule has 128 valence electrons. The fourth-order valence-electron chi connectivity index (χ4n) is 2.58. The Bertz CT molecular complexity index is 622. The van der Waals surface area contributed by atoms with E-state index in [1.807, 2.05) is 24.3 Å². The highest BCUT2D eigenvalue weighted by molar-refractivity contribution is 5.77. The van der Waals surface area contributed by atoms with E-state index in [2.05, 4.69) is 15.4 Å². The third-order valence-corrected chi connectivity index (χ3v) is 3.92. The molecule has 0 aliphatic carbocycles. The Hall–Kier alpha value is -2.25. The zero-order valence-corrected chi connectivity index (χ0v) is 13.6. The lowest BCUT2D eigenvalue weighted by molar-refractivity contribution is -0.128. The Kier molecular flexibility index (Phi) is 5.92. The van der Waals surface area contributed by atoms with E-state index in [9.17, 15) is 4.79 Å². The van der Waals surface area contributed by atoms with Gasteiger partial charge in [-0.2, -0.15) is 5.10 Å². The number of carbonyl (C=O) groups is 1. The maximum absolute atomic E-state index is 11.8. The van der Waals surface area contributed by atoms with Crippen molar-refractivity contribution in [3.63, 3.8) is 0 Å². The van der Waals surface area contributed by atoms with Crippen LogP contribution in [0.5, 0.6) is 0 Å². The van der Waals surface area contributed by atoms with Crippen LogP contribution in [0.2, 0.25) is 0 Å². The van der Waals surface area contributed by atoms with Gasteiger partial charge in [-0.05, 0) is 37.0 Å². The van der Waals surface area contributed by atoms with Crippen LogP contribution < -0.4 is 5.32 Å². The highest BCUT2D eigenvalue weighted by atomic mass is 16.5. The van der Waals surface area contributed by atoms with E-state index in [-0.39, 0.29) is 18.6 Å². The Balaban J connectivity index is 1.36. The molecule has 0 radical (unpaired) electrons. The van der Waals surface area contributed by atoms with E-state index in [1.165, 1.54) is 12.7 Å². The molecule has 1 aromatic heterocycles. The van der Waals surface area contributed by atoms with E-state index < -0.39 is 0 Å². The Morgan fingerprint density at radius 1 is 1.33 bits per heavy atom. The van der Waals surface area contributed by atoms with Gasteiger partial charge in [-0.3, -0.25) is 4.79 Å². The summed E-state index contributed by atoms with van der Waals surface area (Å²) in [4.78, 5) is 15.7. The lowest BCUT2D eigenvalue weighted by Crippen LogP contribution is -2.30. The smallest absolute Gasteiger partial charge is 0.246 e. The number of hydrogen-bond donors (Lipinski definition) is 1. The second kappa shape index (κ2) is 8.56. The monoisotopic (exact) mass is 330 g/mol. The predicted molar refractivity (Wildman–Crippen MR) is 87.6 cm³/mol. The molecule has 1 atom stereocenters. The summed E-state index contributed by atoms with van der Waals surface area (Å²) in [6, 6.07) is 7.78. The van der Waals surface area contributed by atoms with Crippen molar-refractivity contribution in [2.75, 3.05) is 19.8 Å². The second-order valence-corrected chi connectivity index (χ2v) is 5.79. The van der Waals surface area contributed by atoms with Crippen LogP contribution in [0.25, 0.3) is 5.69 Å². The van der Waals surface area contributed by atoms with E-state index in [4.69, 9.17) is 9.47 Å². The molecule has 1 aromatic carbocycles. The van der Waals surface area contributed by atoms with Crippen LogP contribution in [0, 0.1) is 0 Å². The molecule has 2 heterocycles. The van der Waals surface area contributed by atoms with Crippen LogP contribution >= 0.6 is 0 Å². The van der Waals surface area contributed by atoms with Crippen LogP contribution in [0.3, 0.4) is 0 Å². The van der Waals surface area contributed by atoms with Crippen LogP contribution in [0.15, 0.2) is 36.9 Å². The summed E-state index contributed by atoms with van der Waals surface area (Å²) in [7, 11) is 0. The van der Waals surface area contributed by atoms with Crippen molar-refractivity contribution >= 4 is 5.91 Å². The summed E-state index contributed by atoms with van der Waals surface area (Å²) in [6.45, 7) is 1.82. The third-order valence-electron chi connectivity index (χ3n) is 3.92. The molecule has 1 fully saturated rings. The number of nitrogens with one attached hydrogen (secondary N) is 1. The van der Waals surface area contributed by atoms with E-state index >= 15 is 0 Å². The van der Waals surface area contributed by atoms with Crippen LogP contribution in [-0.4, -0.2) is 46.6 Å². The minimum atomic E-state index is -0.119. The van der Waals surface area contributed by atoms with Gasteiger partial charge in [0, 0.05) is 13.2 Å². The molecule has 0 bridgehead atoms. The SMILES string of the molecule is O=C(COC[C@H]1CCCCO1)NCc1ccc(-n2cncn2)cc1. The summed E-state index contributed by atoms with van der Waals surface area (Å²) in [5.74, 6) is -0.119. The first-order valence-corrected chi connectivity index (χ1v) is 8.21. The number of hydrogen-bond acceptors (Lipinski definition) is 5. The molecule has 0 spiro atoms. The molecule has 7 heteroatoms. The predicted octanol–water partition coefficient (Wildman–Crippen LogP) is 1.47. The number of rotatable bonds is 7. The minimum absolute atomic E-state index is 0.0664. The van der Waals surface area contributed by atoms with Crippen molar-refractivity contribution in [2.24, 2.45) is 0 Å². The maximum Gasteiger partial charge on any atom is 0.246 e. The van der Waals surface area contributed by atoms with E-state index in [0.29, 0.717) is 13.2 Å². The van der Waals surface area contributed by atoms with Crippen molar-refractivity contribution in [2.45, 2.75) is 31.9 Å². The number of ether oxygens (including phenoxy) is 2. The highest BCUT2D eigenvalue weighted by Crippen LogP contribution is 2.12. The number of nitrogens with zero attached hydrogens (tertiary/aromatic N) is 3. The Morgan fingerprint density at radius 3 is 2.92 bits per heavy atom. The molecule has 1 saturated heterocycles. The summed E-state index contributed by atoms with van der Waals surface area (Å²) < 4.78 is 12.7. The fraction of sp³-hybridized carbons (Fsp3) is 0.471. The topological polar surface area (TPSA) is 78.3 Å². The van der Waals surface area contributed by atoms with Gasteiger partial charge in [0.2, 0.25) is 5.91 Å². The molecular formula is C17H22N4O3. The summed E-state index contributed by atoms with van der Waals surface area (Å²) >= 11 is 0. The van der Waals surface area contributed by atoms with Gasteiger partial charge in [-0.25, -0.2) is 9.67 Å². The van der Waals surface area contributed by atoms with Gasteiger partial charge >= 0.3 is 0 Å². The fourth-order valence-corrected chi connectivity index (χ4v) is 2.58. The minimum Gasteiger partial charge on any atom is -0.376 e. The van der Waals surface area contributed by atoms with Crippen LogP contribution in [0.1, 0.15) is 24.8 Å². The van der Waals surface area contributed by atoms with Gasteiger partial charge in [-0.15, -0.1) is 0 Å². The quantitative estimate of drug-likeness (QED) is 0.832. The lowest BCUT2D eigenvalue weighted by atomic mass is 10.1. The molecule has 1 aliphatic heterocycles. The number of amides is 1. The Morgan fingerprint density at radius 2 is 2.21 bits per heavy atom. The summed E-state index contributed by atoms with van der Waals surface area (Å²) in [6.07, 6.45) is 6.57. The first-order chi connectivity index (χ1) is 11.8. The zero-order valence-electron chi connectivity index (χ0n) is 13.6. The van der Waals surface area contributed by atoms with Gasteiger partial charge < -0.3 is 14.8 Å². The summed E-state index contributed by atoms with van der Waals surface area (Å²) in [5.41, 5.74) is 1.95. The van der Waals surface area contributed by atoms with Crippen LogP contribution in [0.4, 0.5) is 0 Å². The van der Waals surface area contributed by atoms with Gasteiger partial charge in [0.05, 0.1) is 18.4 Å². The number of aromatic nitrogens is 3. The molecule has 1 aliphatic rings. The van der Waals surface area contributed by atoms with Gasteiger partial charge in [0.15, 0.2) is 0 Å². The van der Waals surface area contributed by atoms with E-state index in [0.717, 1.165) is 30.7 Å². The van der Waals surface area contributed by atoms with Crippen molar-refractivity contribution in [3.05, 3.63) is 42.5 Å². The van der Waals surface area contributed by atoms with Gasteiger partial charge in [0.25, 0.3) is 0 Å². The maximum atomic E-state index is 11.8. The third kappa shape index (κ3) is 4.87. The Labute approximate surface area is 141 Å². The standard InChI is InChI=1S/C17H22N4O3/c22-17(11-23-10-16-3-1-2-8-24-16)19-9-14-4-6-15(7-5-14)21-13-18-12-20-21/h4-7,12-13,16H,1-3,8-11H2,(H,19,22)/t16-/m1/s1. The van der Waals surface area contributed by atoms with Crippen molar-refractivity contribution in [3.8, 4) is 5.69 Å². The first-order valence-electron chi connectivity index (χ1n) is 8.21. The number of benzene rings is 1. The summed E-state index contributed by atoms with van der Waals surface area (Å²) in [5, 5.41) is 6.92. The van der Waals surface area contributed by atoms with Gasteiger partial charge in [0.1, 0.15) is 19.3 Å². The molecule has 7 nitrogen and oxygen atoms in total. The molecule has 1 amide bonds. The normalized spacial score (nSPS) is 17.6. The van der Waals surface area contributed by atoms with Crippen molar-refractivity contribution in [1.29, 1.82) is 0 Å². The van der Waals surface area contributed by atoms with Gasteiger partial charge in [-0.1, -0.05) is 12.1 Å². The zero-order chi connectivity index (χ0) is 16.6. The average molecular weight is 330 g/mol. The largest absolute Gasteiger partial charge is 0.376 e. The lowest BCUT2D eigenvalue weighted by Gasteiger charge is -2.22. The molecule has 3 rings (SSSR count). The molecule has 1 N–H and O–H groups in total. The van der Waals surface area contributed by atoms with Crippen molar-refractivity contribution in [1.82, 2.24) is 20.1 Å². The molecule has 2 aromatic rings. The van der Waals surface area contributed by atoms with Crippen LogP contribution in [-0.2, 0) is 20.8 Å². The molecule has 24 heavy (non-hydrogen) atoms. The molecule has 0 unspecified atom stereocenters. The highest BCUT2D eigenvalue weighted by Gasteiger charge is 2.14. The first kappa shape index (κ1) is 16.6. The second-order valence-electron chi connectivity index (χ2n) is 5.79. The van der Waals surface area contributed by atoms with E-state index in [1.54, 1.807) is 11.0 Å².